The summed E-state index contributed by atoms with van der Waals surface area (Å²) in [5, 5.41) is 3.44. The molecule has 2 heteroatoms. The maximum atomic E-state index is 3.93. The first-order valence-electron chi connectivity index (χ1n) is 4.58. The van der Waals surface area contributed by atoms with E-state index in [9.17, 15) is 0 Å². The van der Waals surface area contributed by atoms with E-state index in [-0.39, 0.29) is 0 Å². The maximum Gasteiger partial charge on any atom is 0.0231 e. The average molecular weight is 170 g/mol. The van der Waals surface area contributed by atoms with Gasteiger partial charge in [-0.3, -0.25) is 0 Å². The van der Waals surface area contributed by atoms with Crippen LogP contribution >= 0.6 is 0 Å². The molecule has 1 N–H and O–H groups in total. The fourth-order valence-electron chi connectivity index (χ4n) is 1.35. The molecule has 72 valence electrons. The number of rotatable bonds is 6. The van der Waals surface area contributed by atoms with Crippen molar-refractivity contribution in [2.24, 2.45) is 0 Å². The molecular formula is C10H22N2. The van der Waals surface area contributed by atoms with E-state index in [0.29, 0.717) is 6.04 Å². The minimum Gasteiger partial charge on any atom is -0.313 e. The lowest BCUT2D eigenvalue weighted by atomic mass is 10.1. The third-order valence-electron chi connectivity index (χ3n) is 1.67. The Labute approximate surface area is 76.6 Å². The van der Waals surface area contributed by atoms with Gasteiger partial charge in [-0.05, 0) is 34.0 Å². The fraction of sp³-hybridized carbons (Fsp3) is 0.800. The molecule has 0 saturated carbocycles. The van der Waals surface area contributed by atoms with Crippen LogP contribution in [0.1, 0.15) is 20.3 Å². The minimum atomic E-state index is 0.558. The molecular weight excluding hydrogens is 148 g/mol. The van der Waals surface area contributed by atoms with Crippen molar-refractivity contribution in [1.82, 2.24) is 10.2 Å². The van der Waals surface area contributed by atoms with E-state index in [2.05, 4.69) is 44.7 Å². The Morgan fingerprint density at radius 2 is 2.08 bits per heavy atom. The summed E-state index contributed by atoms with van der Waals surface area (Å²) in [5.41, 5.74) is 1.25. The molecule has 0 spiro atoms. The molecule has 12 heavy (non-hydrogen) atoms. The summed E-state index contributed by atoms with van der Waals surface area (Å²) in [5.74, 6) is 0. The molecule has 0 rings (SSSR count). The zero-order valence-corrected chi connectivity index (χ0v) is 8.85. The number of hydrogen-bond donors (Lipinski definition) is 1. The van der Waals surface area contributed by atoms with Crippen molar-refractivity contribution in [3.63, 3.8) is 0 Å². The highest BCUT2D eigenvalue weighted by atomic mass is 15.1. The van der Waals surface area contributed by atoms with Gasteiger partial charge in [-0.15, -0.1) is 6.58 Å². The van der Waals surface area contributed by atoms with Gasteiger partial charge in [0.25, 0.3) is 0 Å². The Bertz CT molecular complexity index is 130. The Balaban J connectivity index is 3.77. The number of nitrogens with zero attached hydrogens (tertiary/aromatic N) is 1. The van der Waals surface area contributed by atoms with E-state index in [1.54, 1.807) is 0 Å². The van der Waals surface area contributed by atoms with Crippen LogP contribution in [0.2, 0.25) is 0 Å². The van der Waals surface area contributed by atoms with E-state index >= 15 is 0 Å². The molecule has 0 radical (unpaired) electrons. The molecule has 0 aliphatic heterocycles. The fourth-order valence-corrected chi connectivity index (χ4v) is 1.35. The molecule has 1 atom stereocenters. The quantitative estimate of drug-likeness (QED) is 0.608. The van der Waals surface area contributed by atoms with E-state index in [1.807, 2.05) is 0 Å². The van der Waals surface area contributed by atoms with Gasteiger partial charge in [-0.1, -0.05) is 12.5 Å². The van der Waals surface area contributed by atoms with Gasteiger partial charge in [0.1, 0.15) is 0 Å². The first-order valence-corrected chi connectivity index (χ1v) is 4.58. The highest BCUT2D eigenvalue weighted by Crippen LogP contribution is 2.02. The van der Waals surface area contributed by atoms with Crippen molar-refractivity contribution >= 4 is 0 Å². The smallest absolute Gasteiger partial charge is 0.0231 e. The van der Waals surface area contributed by atoms with Crippen LogP contribution in [0, 0.1) is 0 Å². The number of hydrogen-bond acceptors (Lipinski definition) is 2. The molecule has 0 aromatic carbocycles. The zero-order chi connectivity index (χ0) is 9.56. The summed E-state index contributed by atoms with van der Waals surface area (Å²) in [6.45, 7) is 10.3. The standard InChI is InChI=1S/C10H22N2/c1-6-11-10(7-9(2)3)8-12(4)5/h10-11H,2,6-8H2,1,3-5H3. The van der Waals surface area contributed by atoms with Gasteiger partial charge >= 0.3 is 0 Å². The van der Waals surface area contributed by atoms with Crippen LogP contribution in [0.4, 0.5) is 0 Å². The van der Waals surface area contributed by atoms with Crippen LogP contribution in [0.15, 0.2) is 12.2 Å². The third-order valence-corrected chi connectivity index (χ3v) is 1.67. The zero-order valence-electron chi connectivity index (χ0n) is 8.85. The Hall–Kier alpha value is -0.340. The van der Waals surface area contributed by atoms with Crippen LogP contribution in [-0.2, 0) is 0 Å². The average Bonchev–Trinajstić information content (AvgIpc) is 1.84. The molecule has 0 bridgehead atoms. The molecule has 0 aromatic rings. The lowest BCUT2D eigenvalue weighted by Crippen LogP contribution is -2.38. The van der Waals surface area contributed by atoms with Crippen LogP contribution in [0.3, 0.4) is 0 Å². The van der Waals surface area contributed by atoms with Gasteiger partial charge in [0, 0.05) is 12.6 Å². The second-order valence-electron chi connectivity index (χ2n) is 3.68. The van der Waals surface area contributed by atoms with Crippen LogP contribution in [0.5, 0.6) is 0 Å². The van der Waals surface area contributed by atoms with Gasteiger partial charge < -0.3 is 10.2 Å². The monoisotopic (exact) mass is 170 g/mol. The summed E-state index contributed by atoms with van der Waals surface area (Å²) >= 11 is 0. The van der Waals surface area contributed by atoms with E-state index in [1.165, 1.54) is 5.57 Å². The van der Waals surface area contributed by atoms with Crippen molar-refractivity contribution in [2.75, 3.05) is 27.2 Å². The number of nitrogens with one attached hydrogen (secondary N) is 1. The molecule has 2 nitrogen and oxygen atoms in total. The van der Waals surface area contributed by atoms with Crippen LogP contribution in [0.25, 0.3) is 0 Å². The molecule has 0 heterocycles. The van der Waals surface area contributed by atoms with Gasteiger partial charge in [0.15, 0.2) is 0 Å². The molecule has 0 saturated heterocycles. The van der Waals surface area contributed by atoms with Crippen molar-refractivity contribution in [3.05, 3.63) is 12.2 Å². The topological polar surface area (TPSA) is 15.3 Å². The SMILES string of the molecule is C=C(C)CC(CN(C)C)NCC. The Morgan fingerprint density at radius 3 is 2.42 bits per heavy atom. The molecule has 0 aliphatic rings. The molecule has 1 unspecified atom stereocenters. The Kier molecular flexibility index (Phi) is 6.03. The van der Waals surface area contributed by atoms with Gasteiger partial charge in [0.2, 0.25) is 0 Å². The van der Waals surface area contributed by atoms with Gasteiger partial charge in [-0.2, -0.15) is 0 Å². The second kappa shape index (κ2) is 6.21. The van der Waals surface area contributed by atoms with E-state index < -0.39 is 0 Å². The third kappa shape index (κ3) is 6.38. The van der Waals surface area contributed by atoms with Crippen molar-refractivity contribution in [1.29, 1.82) is 0 Å². The minimum absolute atomic E-state index is 0.558. The summed E-state index contributed by atoms with van der Waals surface area (Å²) in [6, 6.07) is 0.558. The summed E-state index contributed by atoms with van der Waals surface area (Å²) < 4.78 is 0. The lowest BCUT2D eigenvalue weighted by molar-refractivity contribution is 0.339. The lowest BCUT2D eigenvalue weighted by Gasteiger charge is -2.21. The molecule has 0 fully saturated rings. The largest absolute Gasteiger partial charge is 0.313 e. The number of likely N-dealkylation sites (N-methyl/N-ethyl adjacent to an activating group) is 2. The van der Waals surface area contributed by atoms with Crippen molar-refractivity contribution < 1.29 is 0 Å². The van der Waals surface area contributed by atoms with Crippen LogP contribution in [-0.4, -0.2) is 38.1 Å². The molecule has 0 aliphatic carbocycles. The predicted molar refractivity (Wildman–Crippen MR) is 55.4 cm³/mol. The first-order chi connectivity index (χ1) is 5.56. The van der Waals surface area contributed by atoms with Crippen molar-refractivity contribution in [3.8, 4) is 0 Å². The second-order valence-corrected chi connectivity index (χ2v) is 3.68. The normalized spacial score (nSPS) is 13.4. The summed E-state index contributed by atoms with van der Waals surface area (Å²) in [7, 11) is 4.20. The summed E-state index contributed by atoms with van der Waals surface area (Å²) in [4.78, 5) is 2.20. The van der Waals surface area contributed by atoms with Crippen molar-refractivity contribution in [2.45, 2.75) is 26.3 Å². The summed E-state index contributed by atoms with van der Waals surface area (Å²) in [6.07, 6.45) is 1.08. The van der Waals surface area contributed by atoms with Crippen LogP contribution < -0.4 is 5.32 Å². The Morgan fingerprint density at radius 1 is 1.50 bits per heavy atom. The highest BCUT2D eigenvalue weighted by Gasteiger charge is 2.07. The molecule has 0 amide bonds. The van der Waals surface area contributed by atoms with Gasteiger partial charge in [0.05, 0.1) is 0 Å². The van der Waals surface area contributed by atoms with Gasteiger partial charge in [-0.25, -0.2) is 0 Å². The van der Waals surface area contributed by atoms with E-state index in [0.717, 1.165) is 19.5 Å². The predicted octanol–water partition coefficient (Wildman–Crippen LogP) is 1.49. The van der Waals surface area contributed by atoms with E-state index in [4.69, 9.17) is 0 Å². The maximum absolute atomic E-state index is 3.93. The molecule has 0 aromatic heterocycles. The first kappa shape index (κ1) is 11.7. The highest BCUT2D eigenvalue weighted by molar-refractivity contribution is 4.93.